The van der Waals surface area contributed by atoms with E-state index < -0.39 is 24.5 Å². The molecule has 0 saturated carbocycles. The van der Waals surface area contributed by atoms with Gasteiger partial charge in [-0.3, -0.25) is 10.1 Å². The summed E-state index contributed by atoms with van der Waals surface area (Å²) in [5.74, 6) is -0.920. The molecular weight excluding hydrogens is 308 g/mol. The highest BCUT2D eigenvalue weighted by molar-refractivity contribution is 5.97. The number of hydrogen-bond acceptors (Lipinski definition) is 4. The summed E-state index contributed by atoms with van der Waals surface area (Å²) in [6, 6.07) is 4.92. The maximum absolute atomic E-state index is 12.0. The first kappa shape index (κ1) is 18.0. The average molecular weight is 332 g/mol. The normalized spacial score (nSPS) is 13.1. The molecule has 1 aliphatic rings. The fourth-order valence-electron chi connectivity index (χ4n) is 2.58. The number of rotatable bonds is 5. The zero-order valence-electron chi connectivity index (χ0n) is 14.2. The molecule has 0 saturated heterocycles. The lowest BCUT2D eigenvalue weighted by Crippen LogP contribution is -2.42. The van der Waals surface area contributed by atoms with Crippen molar-refractivity contribution >= 4 is 17.9 Å². The van der Waals surface area contributed by atoms with Crippen LogP contribution in [0.5, 0.6) is 0 Å². The molecule has 1 aliphatic carbocycles. The van der Waals surface area contributed by atoms with Crippen LogP contribution in [-0.2, 0) is 22.4 Å². The predicted molar refractivity (Wildman–Crippen MR) is 89.7 cm³/mol. The Morgan fingerprint density at radius 1 is 1.12 bits per heavy atom. The molecule has 24 heavy (non-hydrogen) atoms. The second kappa shape index (κ2) is 8.47. The van der Waals surface area contributed by atoms with Gasteiger partial charge in [0, 0.05) is 6.54 Å². The zero-order chi connectivity index (χ0) is 17.5. The third kappa shape index (κ3) is 5.37. The molecule has 0 fully saturated rings. The summed E-state index contributed by atoms with van der Waals surface area (Å²) >= 11 is 0. The topological polar surface area (TPSA) is 84.5 Å². The van der Waals surface area contributed by atoms with Gasteiger partial charge >= 0.3 is 12.0 Å². The van der Waals surface area contributed by atoms with Gasteiger partial charge in [0.15, 0.2) is 6.61 Å². The Balaban J connectivity index is 1.80. The van der Waals surface area contributed by atoms with Crippen molar-refractivity contribution < 1.29 is 19.1 Å². The monoisotopic (exact) mass is 332 g/mol. The summed E-state index contributed by atoms with van der Waals surface area (Å²) in [6.45, 7) is 3.88. The molecule has 6 nitrogen and oxygen atoms in total. The second-order valence-corrected chi connectivity index (χ2v) is 6.42. The van der Waals surface area contributed by atoms with E-state index in [-0.39, 0.29) is 5.92 Å². The van der Waals surface area contributed by atoms with E-state index in [4.69, 9.17) is 4.74 Å². The van der Waals surface area contributed by atoms with Gasteiger partial charge in [0.25, 0.3) is 5.91 Å². The van der Waals surface area contributed by atoms with Gasteiger partial charge in [0.1, 0.15) is 0 Å². The zero-order valence-corrected chi connectivity index (χ0v) is 14.2. The van der Waals surface area contributed by atoms with Gasteiger partial charge < -0.3 is 10.1 Å². The summed E-state index contributed by atoms with van der Waals surface area (Å²) in [7, 11) is 0. The average Bonchev–Trinajstić information content (AvgIpc) is 2.57. The highest BCUT2D eigenvalue weighted by Gasteiger charge is 2.15. The number of aryl methyl sites for hydroxylation is 2. The van der Waals surface area contributed by atoms with Gasteiger partial charge in [-0.1, -0.05) is 19.9 Å². The number of urea groups is 1. The van der Waals surface area contributed by atoms with Gasteiger partial charge in [0.2, 0.25) is 0 Å². The van der Waals surface area contributed by atoms with E-state index in [1.54, 1.807) is 6.07 Å². The largest absolute Gasteiger partial charge is 0.452 e. The third-order valence-electron chi connectivity index (χ3n) is 3.84. The first-order valence-corrected chi connectivity index (χ1v) is 8.32. The van der Waals surface area contributed by atoms with Gasteiger partial charge in [-0.15, -0.1) is 0 Å². The lowest BCUT2D eigenvalue weighted by atomic mass is 9.90. The number of carbonyl (C=O) groups is 3. The van der Waals surface area contributed by atoms with E-state index in [0.717, 1.165) is 19.3 Å². The Kier molecular flexibility index (Phi) is 6.35. The molecule has 0 heterocycles. The summed E-state index contributed by atoms with van der Waals surface area (Å²) in [6.07, 6.45) is 4.31. The van der Waals surface area contributed by atoms with Crippen LogP contribution in [0.2, 0.25) is 0 Å². The Morgan fingerprint density at radius 2 is 1.83 bits per heavy atom. The minimum absolute atomic E-state index is 0.285. The molecule has 0 aromatic heterocycles. The standard InChI is InChI=1S/C18H24N2O4/c1-12(2)10-19-18(23)20-16(21)11-24-17(22)15-8-7-13-5-3-4-6-14(13)9-15/h7-9,12H,3-6,10-11H2,1-2H3,(H2,19,20,21,23). The molecule has 0 spiro atoms. The van der Waals surface area contributed by atoms with Crippen LogP contribution >= 0.6 is 0 Å². The van der Waals surface area contributed by atoms with Crippen LogP contribution in [0.15, 0.2) is 18.2 Å². The molecule has 6 heteroatoms. The molecule has 0 radical (unpaired) electrons. The molecule has 0 unspecified atom stereocenters. The van der Waals surface area contributed by atoms with Crippen LogP contribution in [0.4, 0.5) is 4.79 Å². The van der Waals surface area contributed by atoms with Crippen molar-refractivity contribution in [2.75, 3.05) is 13.2 Å². The van der Waals surface area contributed by atoms with E-state index in [0.29, 0.717) is 12.1 Å². The Labute approximate surface area is 142 Å². The van der Waals surface area contributed by atoms with Crippen LogP contribution in [0, 0.1) is 5.92 Å². The van der Waals surface area contributed by atoms with E-state index in [1.165, 1.54) is 17.5 Å². The Bertz CT molecular complexity index is 625. The molecule has 2 rings (SSSR count). The Morgan fingerprint density at radius 3 is 2.54 bits per heavy atom. The SMILES string of the molecule is CC(C)CNC(=O)NC(=O)COC(=O)c1ccc2c(c1)CCCC2. The maximum atomic E-state index is 12.0. The molecule has 0 aliphatic heterocycles. The van der Waals surface area contributed by atoms with Crippen molar-refractivity contribution in [2.24, 2.45) is 5.92 Å². The molecule has 2 N–H and O–H groups in total. The van der Waals surface area contributed by atoms with Crippen LogP contribution in [0.25, 0.3) is 0 Å². The van der Waals surface area contributed by atoms with E-state index >= 15 is 0 Å². The smallest absolute Gasteiger partial charge is 0.338 e. The summed E-state index contributed by atoms with van der Waals surface area (Å²) in [5, 5.41) is 4.68. The molecule has 0 bridgehead atoms. The van der Waals surface area contributed by atoms with Gasteiger partial charge in [-0.05, 0) is 54.9 Å². The van der Waals surface area contributed by atoms with Crippen molar-refractivity contribution in [2.45, 2.75) is 39.5 Å². The van der Waals surface area contributed by atoms with Crippen LogP contribution < -0.4 is 10.6 Å². The molecule has 3 amide bonds. The van der Waals surface area contributed by atoms with Gasteiger partial charge in [-0.25, -0.2) is 9.59 Å². The molecule has 1 aromatic rings. The fraction of sp³-hybridized carbons (Fsp3) is 0.500. The lowest BCUT2D eigenvalue weighted by molar-refractivity contribution is -0.123. The van der Waals surface area contributed by atoms with E-state index in [2.05, 4.69) is 10.6 Å². The third-order valence-corrected chi connectivity index (χ3v) is 3.84. The van der Waals surface area contributed by atoms with Crippen LogP contribution in [0.3, 0.4) is 0 Å². The highest BCUT2D eigenvalue weighted by atomic mass is 16.5. The number of esters is 1. The summed E-state index contributed by atoms with van der Waals surface area (Å²) < 4.78 is 4.98. The van der Waals surface area contributed by atoms with Crippen molar-refractivity contribution in [1.82, 2.24) is 10.6 Å². The van der Waals surface area contributed by atoms with Crippen molar-refractivity contribution in [3.63, 3.8) is 0 Å². The highest BCUT2D eigenvalue weighted by Crippen LogP contribution is 2.22. The predicted octanol–water partition coefficient (Wildman–Crippen LogP) is 2.20. The number of benzene rings is 1. The summed E-state index contributed by atoms with van der Waals surface area (Å²) in [4.78, 5) is 35.1. The minimum Gasteiger partial charge on any atom is -0.452 e. The fourth-order valence-corrected chi connectivity index (χ4v) is 2.58. The number of hydrogen-bond donors (Lipinski definition) is 2. The van der Waals surface area contributed by atoms with Gasteiger partial charge in [0.05, 0.1) is 5.56 Å². The second-order valence-electron chi connectivity index (χ2n) is 6.42. The maximum Gasteiger partial charge on any atom is 0.338 e. The first-order chi connectivity index (χ1) is 11.5. The number of carbonyl (C=O) groups excluding carboxylic acids is 3. The number of imide groups is 1. The minimum atomic E-state index is -0.650. The Hall–Kier alpha value is -2.37. The number of nitrogens with one attached hydrogen (secondary N) is 2. The van der Waals surface area contributed by atoms with Crippen molar-refractivity contribution in [1.29, 1.82) is 0 Å². The quantitative estimate of drug-likeness (QED) is 0.810. The summed E-state index contributed by atoms with van der Waals surface area (Å²) in [5.41, 5.74) is 2.89. The molecule has 0 atom stereocenters. The number of fused-ring (bicyclic) bond motifs is 1. The van der Waals surface area contributed by atoms with E-state index in [9.17, 15) is 14.4 Å². The van der Waals surface area contributed by atoms with Crippen molar-refractivity contribution in [3.05, 3.63) is 34.9 Å². The first-order valence-electron chi connectivity index (χ1n) is 8.32. The molecule has 1 aromatic carbocycles. The molecule has 130 valence electrons. The van der Waals surface area contributed by atoms with E-state index in [1.807, 2.05) is 26.0 Å². The lowest BCUT2D eigenvalue weighted by Gasteiger charge is -2.16. The van der Waals surface area contributed by atoms with Crippen molar-refractivity contribution in [3.8, 4) is 0 Å². The number of amides is 3. The number of ether oxygens (including phenoxy) is 1. The van der Waals surface area contributed by atoms with Gasteiger partial charge in [-0.2, -0.15) is 0 Å². The van der Waals surface area contributed by atoms with Crippen LogP contribution in [0.1, 0.15) is 48.2 Å². The molecular formula is C18H24N2O4. The van der Waals surface area contributed by atoms with Crippen LogP contribution in [-0.4, -0.2) is 31.1 Å².